The first-order valence-electron chi connectivity index (χ1n) is 4.73. The summed E-state index contributed by atoms with van der Waals surface area (Å²) in [6.07, 6.45) is 5.50. The summed E-state index contributed by atoms with van der Waals surface area (Å²) in [6.45, 7) is 9.52. The van der Waals surface area contributed by atoms with E-state index in [0.717, 1.165) is 17.0 Å². The summed E-state index contributed by atoms with van der Waals surface area (Å²) in [5.41, 5.74) is 8.15. The zero-order valence-corrected chi connectivity index (χ0v) is 9.41. The lowest BCUT2D eigenvalue weighted by molar-refractivity contribution is 0.764. The maximum Gasteiger partial charge on any atom is 0.0939 e. The van der Waals surface area contributed by atoms with Crippen molar-refractivity contribution < 1.29 is 0 Å². The fourth-order valence-electron chi connectivity index (χ4n) is 1.01. The molecule has 0 saturated heterocycles. The van der Waals surface area contributed by atoms with Gasteiger partial charge in [-0.2, -0.15) is 5.10 Å². The summed E-state index contributed by atoms with van der Waals surface area (Å²) in [5, 5.41) is 4.21. The van der Waals surface area contributed by atoms with E-state index in [1.807, 2.05) is 40.1 Å². The van der Waals surface area contributed by atoms with E-state index in [2.05, 4.69) is 11.7 Å². The summed E-state index contributed by atoms with van der Waals surface area (Å²) in [7, 11) is 1.87. The summed E-state index contributed by atoms with van der Waals surface area (Å²) < 4.78 is 1.74. The lowest BCUT2D eigenvalue weighted by atomic mass is 10.2. The molecule has 0 atom stereocenters. The number of rotatable bonds is 2. The number of hydrogen-bond acceptors (Lipinski definition) is 2. The van der Waals surface area contributed by atoms with Crippen molar-refractivity contribution >= 4 is 12.2 Å². The molecule has 0 aliphatic heterocycles. The van der Waals surface area contributed by atoms with Crippen LogP contribution in [-0.4, -0.2) is 9.78 Å². The van der Waals surface area contributed by atoms with Crippen LogP contribution in [0.2, 0.25) is 0 Å². The summed E-state index contributed by atoms with van der Waals surface area (Å²) in [4.78, 5) is 0. The van der Waals surface area contributed by atoms with Crippen molar-refractivity contribution in [2.75, 3.05) is 0 Å². The number of hydrogen-bond donors (Lipinski definition) is 1. The van der Waals surface area contributed by atoms with E-state index < -0.39 is 0 Å². The third-order valence-corrected chi connectivity index (χ3v) is 1.47. The second kappa shape index (κ2) is 6.02. The molecule has 1 aromatic rings. The monoisotopic (exact) mass is 193 g/mol. The highest BCUT2D eigenvalue weighted by molar-refractivity contribution is 5.61. The minimum atomic E-state index is 0.747. The van der Waals surface area contributed by atoms with E-state index in [9.17, 15) is 0 Å². The van der Waals surface area contributed by atoms with Crippen LogP contribution in [0.4, 0.5) is 0 Å². The first-order chi connectivity index (χ1) is 6.63. The molecule has 0 radical (unpaired) electrons. The van der Waals surface area contributed by atoms with Gasteiger partial charge in [-0.15, -0.1) is 0 Å². The Balaban J connectivity index is 0.000000791. The molecule has 0 spiro atoms. The maximum absolute atomic E-state index is 5.53. The van der Waals surface area contributed by atoms with Crippen molar-refractivity contribution in [3.8, 4) is 0 Å². The molecule has 0 amide bonds. The Bertz CT molecular complexity index is 317. The van der Waals surface area contributed by atoms with Crippen molar-refractivity contribution in [3.63, 3.8) is 0 Å². The van der Waals surface area contributed by atoms with Crippen LogP contribution in [0, 0.1) is 0 Å². The van der Waals surface area contributed by atoms with Crippen molar-refractivity contribution in [2.24, 2.45) is 12.8 Å². The highest BCUT2D eigenvalue weighted by atomic mass is 15.2. The minimum absolute atomic E-state index is 0.747. The molecule has 78 valence electrons. The second-order valence-electron chi connectivity index (χ2n) is 2.74. The second-order valence-corrected chi connectivity index (χ2v) is 2.74. The van der Waals surface area contributed by atoms with Gasteiger partial charge in [-0.3, -0.25) is 4.68 Å². The van der Waals surface area contributed by atoms with Gasteiger partial charge in [0.2, 0.25) is 0 Å². The first kappa shape index (κ1) is 12.5. The van der Waals surface area contributed by atoms with Gasteiger partial charge in [0, 0.05) is 24.5 Å². The lowest BCUT2D eigenvalue weighted by Gasteiger charge is -1.90. The molecular formula is C11H19N3. The number of nitrogens with zero attached hydrogens (tertiary/aromatic N) is 2. The first-order valence-corrected chi connectivity index (χ1v) is 4.73. The molecule has 0 unspecified atom stereocenters. The van der Waals surface area contributed by atoms with Gasteiger partial charge in [0.1, 0.15) is 0 Å². The summed E-state index contributed by atoms with van der Waals surface area (Å²) in [6, 6.07) is 0. The fourth-order valence-corrected chi connectivity index (χ4v) is 1.01. The molecule has 14 heavy (non-hydrogen) atoms. The predicted octanol–water partition coefficient (Wildman–Crippen LogP) is 2.41. The molecule has 3 heteroatoms. The van der Waals surface area contributed by atoms with Crippen molar-refractivity contribution in [3.05, 3.63) is 29.7 Å². The van der Waals surface area contributed by atoms with Crippen LogP contribution in [-0.2, 0) is 7.05 Å². The molecule has 0 aliphatic rings. The van der Waals surface area contributed by atoms with E-state index in [4.69, 9.17) is 5.73 Å². The Kier molecular flexibility index (Phi) is 5.37. The van der Waals surface area contributed by atoms with Crippen LogP contribution in [0.3, 0.4) is 0 Å². The smallest absolute Gasteiger partial charge is 0.0939 e. The highest BCUT2D eigenvalue weighted by Crippen LogP contribution is 2.10. The van der Waals surface area contributed by atoms with Gasteiger partial charge in [-0.25, -0.2) is 0 Å². The van der Waals surface area contributed by atoms with Crippen molar-refractivity contribution in [1.29, 1.82) is 0 Å². The minimum Gasteiger partial charge on any atom is -0.402 e. The average Bonchev–Trinajstić information content (AvgIpc) is 2.48. The predicted molar refractivity (Wildman–Crippen MR) is 62.5 cm³/mol. The molecular weight excluding hydrogens is 174 g/mol. The zero-order valence-electron chi connectivity index (χ0n) is 9.41. The molecule has 2 N–H and O–H groups in total. The Morgan fingerprint density at radius 3 is 2.57 bits per heavy atom. The van der Waals surface area contributed by atoms with E-state index in [0.29, 0.717) is 0 Å². The summed E-state index contributed by atoms with van der Waals surface area (Å²) in [5.74, 6) is 0. The average molecular weight is 193 g/mol. The van der Waals surface area contributed by atoms with E-state index in [1.165, 1.54) is 0 Å². The Morgan fingerprint density at radius 2 is 2.14 bits per heavy atom. The number of aryl methyl sites for hydroxylation is 1. The number of nitrogens with two attached hydrogens (primary N) is 1. The topological polar surface area (TPSA) is 43.8 Å². The van der Waals surface area contributed by atoms with Crippen LogP contribution >= 0.6 is 0 Å². The summed E-state index contributed by atoms with van der Waals surface area (Å²) >= 11 is 0. The number of aromatic nitrogens is 2. The zero-order chi connectivity index (χ0) is 11.1. The van der Waals surface area contributed by atoms with Crippen LogP contribution in [0.1, 0.15) is 32.0 Å². The van der Waals surface area contributed by atoms with Crippen LogP contribution in [0.25, 0.3) is 12.2 Å². The quantitative estimate of drug-likeness (QED) is 0.783. The molecule has 0 bridgehead atoms. The van der Waals surface area contributed by atoms with Gasteiger partial charge in [-0.05, 0) is 13.0 Å². The Morgan fingerprint density at radius 1 is 1.57 bits per heavy atom. The molecule has 0 aliphatic carbocycles. The molecule has 1 rings (SSSR count). The van der Waals surface area contributed by atoms with Gasteiger partial charge in [0.15, 0.2) is 0 Å². The van der Waals surface area contributed by atoms with E-state index >= 15 is 0 Å². The van der Waals surface area contributed by atoms with Gasteiger partial charge in [-0.1, -0.05) is 26.5 Å². The van der Waals surface area contributed by atoms with Gasteiger partial charge in [0.05, 0.1) is 5.69 Å². The Labute approximate surface area is 85.9 Å². The molecule has 1 aromatic heterocycles. The Hall–Kier alpha value is -1.51. The standard InChI is InChI=1S/C9H13N3.C2H6/c1-4-8-6-12(3)11-9(8)5-7(2)10;1-2/h4-6H,1,10H2,2-3H3;1-2H3/b7-5+;. The number of allylic oxidation sites excluding steroid dienone is 1. The van der Waals surface area contributed by atoms with Crippen LogP contribution in [0.5, 0.6) is 0 Å². The molecule has 0 aromatic carbocycles. The van der Waals surface area contributed by atoms with Crippen molar-refractivity contribution in [1.82, 2.24) is 9.78 Å². The van der Waals surface area contributed by atoms with Crippen LogP contribution in [0.15, 0.2) is 18.5 Å². The molecule has 3 nitrogen and oxygen atoms in total. The fraction of sp³-hybridized carbons (Fsp3) is 0.364. The van der Waals surface area contributed by atoms with Gasteiger partial charge < -0.3 is 5.73 Å². The van der Waals surface area contributed by atoms with Gasteiger partial charge >= 0.3 is 0 Å². The third-order valence-electron chi connectivity index (χ3n) is 1.47. The van der Waals surface area contributed by atoms with Crippen LogP contribution < -0.4 is 5.73 Å². The molecule has 0 fully saturated rings. The normalized spacial score (nSPS) is 10.4. The maximum atomic E-state index is 5.53. The molecule has 0 saturated carbocycles. The van der Waals surface area contributed by atoms with Gasteiger partial charge in [0.25, 0.3) is 0 Å². The third kappa shape index (κ3) is 3.47. The highest BCUT2D eigenvalue weighted by Gasteiger charge is 2.00. The van der Waals surface area contributed by atoms with E-state index in [-0.39, 0.29) is 0 Å². The lowest BCUT2D eigenvalue weighted by Crippen LogP contribution is -1.92. The largest absolute Gasteiger partial charge is 0.402 e. The molecule has 1 heterocycles. The van der Waals surface area contributed by atoms with E-state index in [1.54, 1.807) is 10.8 Å². The van der Waals surface area contributed by atoms with Crippen molar-refractivity contribution in [2.45, 2.75) is 20.8 Å². The SMILES string of the molecule is C=Cc1cn(C)nc1/C=C(\C)N.CC.